The van der Waals surface area contributed by atoms with Crippen molar-refractivity contribution in [2.75, 3.05) is 43.4 Å². The number of ether oxygens (including phenoxy) is 2. The van der Waals surface area contributed by atoms with Crippen LogP contribution in [0, 0.1) is 12.8 Å². The standard InChI is InChI=1S/C36H48N4O7S/c1-25-14-17-31(18-15-25)48(44,45)38-30-16-19-33-32(21-30)35(42)40(27(3)24-41)22-26(2)34(46-20-10-9-11-28(4)47-33)23-39(5)36(43)37-29-12-7-6-8-13-29/h6-8,12-19,21,26-28,34,38,41H,9-11,20,22-24H2,1-5H3,(H,37,43)/t26-,27+,28+,34-/m0/s1. The van der Waals surface area contributed by atoms with Gasteiger partial charge in [-0.15, -0.1) is 0 Å². The summed E-state index contributed by atoms with van der Waals surface area (Å²) in [7, 11) is -2.23. The molecule has 0 saturated heterocycles. The van der Waals surface area contributed by atoms with E-state index in [4.69, 9.17) is 9.47 Å². The third kappa shape index (κ3) is 9.94. The monoisotopic (exact) mass is 680 g/mol. The second-order valence-corrected chi connectivity index (χ2v) is 14.3. The summed E-state index contributed by atoms with van der Waals surface area (Å²) in [5.74, 6) is -0.340. The number of aryl methyl sites for hydroxylation is 1. The minimum Gasteiger partial charge on any atom is -0.490 e. The van der Waals surface area contributed by atoms with E-state index in [0.717, 1.165) is 18.4 Å². The summed E-state index contributed by atoms with van der Waals surface area (Å²) >= 11 is 0. The van der Waals surface area contributed by atoms with Crippen molar-refractivity contribution in [3.63, 3.8) is 0 Å². The molecule has 12 heteroatoms. The number of hydrogen-bond acceptors (Lipinski definition) is 7. The number of para-hydroxylation sites is 1. The highest BCUT2D eigenvalue weighted by atomic mass is 32.2. The van der Waals surface area contributed by atoms with Crippen LogP contribution in [-0.4, -0.2) is 86.9 Å². The number of aliphatic hydroxyl groups is 1. The highest BCUT2D eigenvalue weighted by Crippen LogP contribution is 2.29. The fourth-order valence-corrected chi connectivity index (χ4v) is 6.52. The summed E-state index contributed by atoms with van der Waals surface area (Å²) in [5.41, 5.74) is 1.99. The number of anilines is 2. The summed E-state index contributed by atoms with van der Waals surface area (Å²) < 4.78 is 41.6. The Balaban J connectivity index is 1.63. The molecule has 11 nitrogen and oxygen atoms in total. The maximum Gasteiger partial charge on any atom is 0.321 e. The van der Waals surface area contributed by atoms with Crippen LogP contribution in [-0.2, 0) is 14.8 Å². The van der Waals surface area contributed by atoms with Crippen LogP contribution >= 0.6 is 0 Å². The molecule has 0 saturated carbocycles. The van der Waals surface area contributed by atoms with Crippen LogP contribution < -0.4 is 14.8 Å². The molecular weight excluding hydrogens is 632 g/mol. The van der Waals surface area contributed by atoms with Crippen molar-refractivity contribution in [2.24, 2.45) is 5.92 Å². The first kappa shape index (κ1) is 36.7. The Kier molecular flexibility index (Phi) is 12.9. The number of benzene rings is 3. The quantitative estimate of drug-likeness (QED) is 0.275. The number of hydrogen-bond donors (Lipinski definition) is 3. The first-order valence-corrected chi connectivity index (χ1v) is 17.9. The zero-order valence-corrected chi connectivity index (χ0v) is 29.2. The Morgan fingerprint density at radius 2 is 1.75 bits per heavy atom. The van der Waals surface area contributed by atoms with Gasteiger partial charge >= 0.3 is 6.03 Å². The zero-order valence-electron chi connectivity index (χ0n) is 28.4. The molecule has 0 aromatic heterocycles. The number of carbonyl (C=O) groups excluding carboxylic acids is 2. The predicted molar refractivity (Wildman–Crippen MR) is 187 cm³/mol. The van der Waals surface area contributed by atoms with Crippen molar-refractivity contribution in [1.29, 1.82) is 0 Å². The highest BCUT2D eigenvalue weighted by Gasteiger charge is 2.31. The van der Waals surface area contributed by atoms with Crippen LogP contribution in [0.5, 0.6) is 5.75 Å². The number of nitrogens with zero attached hydrogens (tertiary/aromatic N) is 2. The van der Waals surface area contributed by atoms with Crippen LogP contribution in [0.3, 0.4) is 0 Å². The Hall–Kier alpha value is -4.13. The molecule has 0 spiro atoms. The number of fused-ring (bicyclic) bond motifs is 1. The van der Waals surface area contributed by atoms with Crippen LogP contribution in [0.2, 0.25) is 0 Å². The van der Waals surface area contributed by atoms with E-state index < -0.39 is 28.1 Å². The molecule has 1 aliphatic heterocycles. The third-order valence-electron chi connectivity index (χ3n) is 8.46. The molecule has 0 radical (unpaired) electrons. The Bertz CT molecular complexity index is 1620. The number of likely N-dealkylation sites (N-methyl/N-ethyl adjacent to an activating group) is 1. The Labute approximate surface area is 284 Å². The van der Waals surface area contributed by atoms with Gasteiger partial charge in [0.25, 0.3) is 15.9 Å². The van der Waals surface area contributed by atoms with Crippen LogP contribution in [0.4, 0.5) is 16.2 Å². The molecular formula is C36H48N4O7S. The largest absolute Gasteiger partial charge is 0.490 e. The van der Waals surface area contributed by atoms with Crippen LogP contribution in [0.25, 0.3) is 0 Å². The molecule has 3 amide bonds. The average molecular weight is 681 g/mol. The summed E-state index contributed by atoms with van der Waals surface area (Å²) in [6.07, 6.45) is 1.65. The molecule has 1 heterocycles. The van der Waals surface area contributed by atoms with Crippen molar-refractivity contribution >= 4 is 33.3 Å². The molecule has 3 aromatic carbocycles. The lowest BCUT2D eigenvalue weighted by molar-refractivity contribution is -0.0115. The van der Waals surface area contributed by atoms with Crippen molar-refractivity contribution in [3.8, 4) is 5.75 Å². The van der Waals surface area contributed by atoms with Crippen LogP contribution in [0.1, 0.15) is 56.0 Å². The summed E-state index contributed by atoms with van der Waals surface area (Å²) in [5, 5.41) is 13.1. The van der Waals surface area contributed by atoms with Gasteiger partial charge in [0, 0.05) is 44.0 Å². The van der Waals surface area contributed by atoms with E-state index in [1.807, 2.05) is 51.1 Å². The molecule has 260 valence electrons. The minimum absolute atomic E-state index is 0.0993. The van der Waals surface area contributed by atoms with E-state index in [2.05, 4.69) is 10.0 Å². The molecule has 4 atom stereocenters. The summed E-state index contributed by atoms with van der Waals surface area (Å²) in [6, 6.07) is 19.5. The topological polar surface area (TPSA) is 138 Å². The van der Waals surface area contributed by atoms with Gasteiger partial charge in [-0.3, -0.25) is 9.52 Å². The molecule has 3 aromatic rings. The van der Waals surface area contributed by atoms with Crippen molar-refractivity contribution in [2.45, 2.75) is 70.1 Å². The Morgan fingerprint density at radius 3 is 2.44 bits per heavy atom. The van der Waals surface area contributed by atoms with E-state index in [9.17, 15) is 23.1 Å². The van der Waals surface area contributed by atoms with Gasteiger partial charge in [-0.05, 0) is 82.5 Å². The maximum atomic E-state index is 14.4. The van der Waals surface area contributed by atoms with Crippen molar-refractivity contribution < 1.29 is 32.6 Å². The molecule has 0 fully saturated rings. The number of urea groups is 1. The number of rotatable bonds is 8. The number of amides is 3. The van der Waals surface area contributed by atoms with Crippen LogP contribution in [0.15, 0.2) is 77.7 Å². The van der Waals surface area contributed by atoms with Gasteiger partial charge in [-0.1, -0.05) is 42.8 Å². The number of nitrogens with one attached hydrogen (secondary N) is 2. The molecule has 1 aliphatic rings. The first-order chi connectivity index (χ1) is 22.9. The second-order valence-electron chi connectivity index (χ2n) is 12.6. The molecule has 48 heavy (non-hydrogen) atoms. The normalized spacial score (nSPS) is 20.1. The van der Waals surface area contributed by atoms with E-state index >= 15 is 0 Å². The van der Waals surface area contributed by atoms with Crippen molar-refractivity contribution in [1.82, 2.24) is 9.80 Å². The number of sulfonamides is 1. The van der Waals surface area contributed by atoms with Gasteiger partial charge in [0.2, 0.25) is 0 Å². The summed E-state index contributed by atoms with van der Waals surface area (Å²) in [4.78, 5) is 30.6. The van der Waals surface area contributed by atoms with Gasteiger partial charge in [-0.25, -0.2) is 13.2 Å². The highest BCUT2D eigenvalue weighted by molar-refractivity contribution is 7.92. The van der Waals surface area contributed by atoms with E-state index in [1.165, 1.54) is 18.2 Å². The fraction of sp³-hybridized carbons (Fsp3) is 0.444. The number of aliphatic hydroxyl groups excluding tert-OH is 1. The molecule has 4 rings (SSSR count). The van der Waals surface area contributed by atoms with Gasteiger partial charge in [0.1, 0.15) is 5.75 Å². The minimum atomic E-state index is -3.93. The lowest BCUT2D eigenvalue weighted by Gasteiger charge is -2.35. The van der Waals surface area contributed by atoms with Gasteiger partial charge < -0.3 is 29.7 Å². The third-order valence-corrected chi connectivity index (χ3v) is 9.86. The van der Waals surface area contributed by atoms with E-state index in [1.54, 1.807) is 48.0 Å². The van der Waals surface area contributed by atoms with Gasteiger partial charge in [-0.2, -0.15) is 0 Å². The lowest BCUT2D eigenvalue weighted by atomic mass is 10.0. The van der Waals surface area contributed by atoms with E-state index in [0.29, 0.717) is 24.5 Å². The van der Waals surface area contributed by atoms with Gasteiger partial charge in [0.15, 0.2) is 0 Å². The molecule has 0 bridgehead atoms. The fourth-order valence-electron chi connectivity index (χ4n) is 5.47. The molecule has 0 aliphatic carbocycles. The lowest BCUT2D eigenvalue weighted by Crippen LogP contribution is -2.48. The maximum absolute atomic E-state index is 14.4. The zero-order chi connectivity index (χ0) is 34.8. The SMILES string of the molecule is Cc1ccc(S(=O)(=O)Nc2ccc3c(c2)C(=O)N([C@H](C)CO)C[C@H](C)[C@H](CN(C)C(=O)Nc2ccccc2)OCCCC[C@@H](C)O3)cc1. The molecule has 0 unspecified atom stereocenters. The Morgan fingerprint density at radius 1 is 1.04 bits per heavy atom. The van der Waals surface area contributed by atoms with Gasteiger partial charge in [0.05, 0.1) is 35.3 Å². The second kappa shape index (κ2) is 16.8. The summed E-state index contributed by atoms with van der Waals surface area (Å²) in [6.45, 7) is 8.15. The predicted octanol–water partition coefficient (Wildman–Crippen LogP) is 5.76. The first-order valence-electron chi connectivity index (χ1n) is 16.4. The number of carbonyl (C=O) groups is 2. The average Bonchev–Trinajstić information content (AvgIpc) is 3.06. The van der Waals surface area contributed by atoms with Crippen molar-refractivity contribution in [3.05, 3.63) is 83.9 Å². The smallest absolute Gasteiger partial charge is 0.321 e. The van der Waals surface area contributed by atoms with E-state index in [-0.39, 0.29) is 53.9 Å². The molecule has 3 N–H and O–H groups in total.